The third-order valence-corrected chi connectivity index (χ3v) is 3.55. The Labute approximate surface area is 140 Å². The van der Waals surface area contributed by atoms with Gasteiger partial charge in [0.25, 0.3) is 0 Å². The first-order valence-electron chi connectivity index (χ1n) is 7.74. The van der Waals surface area contributed by atoms with Crippen LogP contribution in [0.2, 0.25) is 0 Å². The molecule has 0 amide bonds. The number of hydrogen-bond donors (Lipinski definition) is 0. The van der Waals surface area contributed by atoms with Crippen molar-refractivity contribution in [2.75, 3.05) is 19.8 Å². The van der Waals surface area contributed by atoms with Crippen LogP contribution in [0, 0.1) is 0 Å². The average Bonchev–Trinajstić information content (AvgIpc) is 2.38. The van der Waals surface area contributed by atoms with Crippen LogP contribution < -0.4 is 0 Å². The molecule has 5 nitrogen and oxygen atoms in total. The second-order valence-electron chi connectivity index (χ2n) is 5.02. The van der Waals surface area contributed by atoms with Crippen LogP contribution in [-0.4, -0.2) is 32.8 Å². The van der Waals surface area contributed by atoms with Crippen LogP contribution in [-0.2, 0) is 36.4 Å². The summed E-state index contributed by atoms with van der Waals surface area (Å²) < 4.78 is 39.5. The van der Waals surface area contributed by atoms with Crippen LogP contribution >= 0.6 is 0 Å². The first-order valence-corrected chi connectivity index (χ1v) is 9.07. The Balaban J connectivity index is 0. The largest absolute Gasteiger partial charge is 1.00 e. The quantitative estimate of drug-likeness (QED) is 0.190. The second kappa shape index (κ2) is 16.7. The van der Waals surface area contributed by atoms with Gasteiger partial charge in [0, 0.05) is 6.61 Å². The van der Waals surface area contributed by atoms with E-state index in [0.29, 0.717) is 6.61 Å². The molecule has 0 radical (unpaired) electrons. The molecule has 0 saturated heterocycles. The maximum atomic E-state index is 10.1. The molecule has 0 aliphatic carbocycles. The summed E-state index contributed by atoms with van der Waals surface area (Å²) in [7, 11) is -4.57. The van der Waals surface area contributed by atoms with Gasteiger partial charge in [-0.25, -0.2) is 8.42 Å². The Morgan fingerprint density at radius 2 is 1.24 bits per heavy atom. The number of unbranched alkanes of at least 4 members (excludes halogenated alkanes) is 9. The van der Waals surface area contributed by atoms with Gasteiger partial charge in [0.15, 0.2) is 0 Å². The molecule has 0 atom stereocenters. The zero-order chi connectivity index (χ0) is 15.1. The van der Waals surface area contributed by atoms with Crippen molar-refractivity contribution >= 4 is 10.4 Å². The molecule has 0 spiro atoms. The van der Waals surface area contributed by atoms with Crippen molar-refractivity contribution in [1.29, 1.82) is 0 Å². The molecule has 0 rings (SSSR count). The van der Waals surface area contributed by atoms with Crippen LogP contribution in [0.3, 0.4) is 0 Å². The molecule has 0 saturated carbocycles. The van der Waals surface area contributed by atoms with E-state index in [1.807, 2.05) is 0 Å². The zero-order valence-electron chi connectivity index (χ0n) is 12.9. The first-order chi connectivity index (χ1) is 9.56. The smallest absolute Gasteiger partial charge is 0.726 e. The summed E-state index contributed by atoms with van der Waals surface area (Å²) in [4.78, 5) is 0. The minimum Gasteiger partial charge on any atom is -0.726 e. The number of ether oxygens (including phenoxy) is 1. The van der Waals surface area contributed by atoms with Crippen LogP contribution in [0.25, 0.3) is 0 Å². The van der Waals surface area contributed by atoms with Gasteiger partial charge >= 0.3 is 17.1 Å². The fraction of sp³-hybridized carbons (Fsp3) is 1.00. The Morgan fingerprint density at radius 3 is 1.71 bits per heavy atom. The Bertz CT molecular complexity index is 296. The molecule has 132 valence electrons. The normalized spacial score (nSPS) is 11.3. The van der Waals surface area contributed by atoms with Crippen LogP contribution in [0.5, 0.6) is 0 Å². The molecule has 0 heterocycles. The third kappa shape index (κ3) is 22.8. The van der Waals surface area contributed by atoms with Gasteiger partial charge in [-0.1, -0.05) is 64.7 Å². The molecule has 0 bridgehead atoms. The molecule has 0 aliphatic heterocycles. The second-order valence-corrected chi connectivity index (χ2v) is 6.08. The summed E-state index contributed by atoms with van der Waals surface area (Å²) in [5.74, 6) is 0. The van der Waals surface area contributed by atoms with Gasteiger partial charge in [-0.05, 0) is 6.42 Å². The molecule has 0 aromatic heterocycles. The van der Waals surface area contributed by atoms with Gasteiger partial charge in [-0.2, -0.15) is 0 Å². The summed E-state index contributed by atoms with van der Waals surface area (Å²) in [5.41, 5.74) is 0. The van der Waals surface area contributed by atoms with Crippen molar-refractivity contribution < 1.29 is 39.0 Å². The first kappa shape index (κ1) is 23.6. The predicted molar refractivity (Wildman–Crippen MR) is 78.3 cm³/mol. The van der Waals surface area contributed by atoms with Crippen molar-refractivity contribution in [3.8, 4) is 0 Å². The maximum absolute atomic E-state index is 10.1. The van der Waals surface area contributed by atoms with Gasteiger partial charge in [0.05, 0.1) is 13.2 Å². The molecule has 0 aliphatic rings. The minimum absolute atomic E-state index is 0. The van der Waals surface area contributed by atoms with E-state index < -0.39 is 10.4 Å². The molecule has 0 unspecified atom stereocenters. The molecule has 0 aromatic rings. The summed E-state index contributed by atoms with van der Waals surface area (Å²) in [6.07, 6.45) is 12.7. The molecule has 0 fully saturated rings. The van der Waals surface area contributed by atoms with Crippen molar-refractivity contribution in [3.05, 3.63) is 0 Å². The summed E-state index contributed by atoms with van der Waals surface area (Å²) in [6.45, 7) is 2.79. The summed E-state index contributed by atoms with van der Waals surface area (Å²) in [5, 5.41) is 0. The topological polar surface area (TPSA) is 75.7 Å². The molecular weight excluding hydrogens is 344 g/mol. The van der Waals surface area contributed by atoms with Gasteiger partial charge in [0.1, 0.15) is 0 Å². The van der Waals surface area contributed by atoms with Crippen molar-refractivity contribution in [2.24, 2.45) is 0 Å². The monoisotopic (exact) mass is 372 g/mol. The Morgan fingerprint density at radius 1 is 0.762 bits per heavy atom. The summed E-state index contributed by atoms with van der Waals surface area (Å²) >= 11 is 0. The molecule has 0 N–H and O–H groups in total. The fourth-order valence-corrected chi connectivity index (χ4v) is 2.26. The van der Waals surface area contributed by atoms with Gasteiger partial charge < -0.3 is 9.29 Å². The van der Waals surface area contributed by atoms with Crippen molar-refractivity contribution in [3.63, 3.8) is 0 Å². The zero-order valence-corrected chi connectivity index (χ0v) is 14.7. The standard InChI is InChI=1S/C14H30O5S.Cu/c1-2-3-4-5-6-7-8-9-10-11-12-18-13-14-19-20(15,16)17;/h2-14H2,1H3,(H,15,16,17);/q;+1/p-1. The van der Waals surface area contributed by atoms with Gasteiger partial charge in [-0.15, -0.1) is 0 Å². The number of hydrogen-bond acceptors (Lipinski definition) is 5. The summed E-state index contributed by atoms with van der Waals surface area (Å²) in [6, 6.07) is 0. The number of rotatable bonds is 15. The SMILES string of the molecule is CCCCCCCCCCCCOCCOS(=O)(=O)[O-].[Cu+]. The average molecular weight is 373 g/mol. The predicted octanol–water partition coefficient (Wildman–Crippen LogP) is 3.40. The van der Waals surface area contributed by atoms with E-state index >= 15 is 0 Å². The van der Waals surface area contributed by atoms with Crippen molar-refractivity contribution in [1.82, 2.24) is 0 Å². The molecule has 7 heteroatoms. The minimum atomic E-state index is -4.57. The van der Waals surface area contributed by atoms with E-state index in [1.54, 1.807) is 0 Å². The van der Waals surface area contributed by atoms with E-state index in [4.69, 9.17) is 4.74 Å². The molecule has 0 aromatic carbocycles. The maximum Gasteiger partial charge on any atom is 1.00 e. The van der Waals surface area contributed by atoms with Gasteiger partial charge in [-0.3, -0.25) is 4.18 Å². The van der Waals surface area contributed by atoms with Gasteiger partial charge in [0.2, 0.25) is 10.4 Å². The molecule has 21 heavy (non-hydrogen) atoms. The van der Waals surface area contributed by atoms with E-state index in [1.165, 1.54) is 51.4 Å². The third-order valence-electron chi connectivity index (χ3n) is 3.10. The van der Waals surface area contributed by atoms with Crippen molar-refractivity contribution in [2.45, 2.75) is 71.1 Å². The van der Waals surface area contributed by atoms with E-state index in [-0.39, 0.29) is 30.3 Å². The Hall–Kier alpha value is 0.349. The van der Waals surface area contributed by atoms with Crippen LogP contribution in [0.1, 0.15) is 71.1 Å². The molecular formula is C14H29CuO5S. The van der Waals surface area contributed by atoms with E-state index in [0.717, 1.165) is 12.8 Å². The fourth-order valence-electron chi connectivity index (χ4n) is 1.99. The van der Waals surface area contributed by atoms with Crippen LogP contribution in [0.4, 0.5) is 0 Å². The van der Waals surface area contributed by atoms with Crippen LogP contribution in [0.15, 0.2) is 0 Å². The Kier molecular flexibility index (Phi) is 18.8. The van der Waals surface area contributed by atoms with E-state index in [2.05, 4.69) is 11.1 Å². The van der Waals surface area contributed by atoms with E-state index in [9.17, 15) is 13.0 Å².